The van der Waals surface area contributed by atoms with Gasteiger partial charge >= 0.3 is 6.18 Å². The molecule has 3 N–H and O–H groups in total. The maximum Gasteiger partial charge on any atom is 0.416 e. The molecule has 0 aliphatic carbocycles. The van der Waals surface area contributed by atoms with Gasteiger partial charge < -0.3 is 10.3 Å². The Hall–Kier alpha value is -6.97. The van der Waals surface area contributed by atoms with Crippen molar-refractivity contribution in [2.45, 2.75) is 33.4 Å². The molecule has 1 aromatic heterocycles. The minimum atomic E-state index is -4.39. The number of halogens is 3. The van der Waals surface area contributed by atoms with Crippen molar-refractivity contribution >= 4 is 33.5 Å². The lowest BCUT2D eigenvalue weighted by atomic mass is 10.0. The topological polar surface area (TPSA) is 115 Å². The lowest BCUT2D eigenvalue weighted by molar-refractivity contribution is -0.137. The number of aryl methyl sites for hydroxylation is 1. The summed E-state index contributed by atoms with van der Waals surface area (Å²) in [5.41, 5.74) is 12.6. The fourth-order valence-electron chi connectivity index (χ4n) is 5.75. The molecule has 0 spiro atoms. The number of rotatable bonds is 4. The number of nitrogens with one attached hydrogen (secondary N) is 1. The van der Waals surface area contributed by atoms with Gasteiger partial charge in [-0.05, 0) is 66.1 Å². The average molecular weight is 719 g/mol. The summed E-state index contributed by atoms with van der Waals surface area (Å²) in [6.07, 6.45) is -3.14. The Morgan fingerprint density at radius 2 is 1.17 bits per heavy atom. The van der Waals surface area contributed by atoms with E-state index >= 15 is 0 Å². The molecule has 0 aliphatic rings. The Balaban J connectivity index is 0.000000234. The number of nitrogens with zero attached hydrogens (tertiary/aromatic N) is 4. The number of benzene rings is 6. The van der Waals surface area contributed by atoms with E-state index in [0.29, 0.717) is 22.5 Å². The van der Waals surface area contributed by atoms with Gasteiger partial charge in [0.1, 0.15) is 5.84 Å². The molecule has 1 heterocycles. The van der Waals surface area contributed by atoms with Crippen LogP contribution in [0.25, 0.3) is 38.6 Å². The van der Waals surface area contributed by atoms with Crippen molar-refractivity contribution in [3.8, 4) is 29.0 Å². The van der Waals surface area contributed by atoms with Crippen LogP contribution in [0.15, 0.2) is 145 Å². The normalized spacial score (nSPS) is 11.1. The van der Waals surface area contributed by atoms with Crippen molar-refractivity contribution in [3.05, 3.63) is 173 Å². The maximum absolute atomic E-state index is 13.0. The van der Waals surface area contributed by atoms with Gasteiger partial charge in [0, 0.05) is 27.6 Å². The molecule has 268 valence electrons. The summed E-state index contributed by atoms with van der Waals surface area (Å²) in [4.78, 5) is 4.10. The monoisotopic (exact) mass is 718 g/mol. The van der Waals surface area contributed by atoms with Crippen molar-refractivity contribution in [1.82, 2.24) is 4.57 Å². The number of nitriles is 2. The van der Waals surface area contributed by atoms with Crippen molar-refractivity contribution < 1.29 is 13.2 Å². The van der Waals surface area contributed by atoms with E-state index in [2.05, 4.69) is 31.0 Å². The summed E-state index contributed by atoms with van der Waals surface area (Å²) in [7, 11) is 0. The number of hydrogen-bond donors (Lipinski definition) is 2. The molecule has 0 unspecified atom stereocenters. The van der Waals surface area contributed by atoms with Crippen molar-refractivity contribution in [2.75, 3.05) is 0 Å². The molecular formula is C45H37F3N6. The Morgan fingerprint density at radius 1 is 0.685 bits per heavy atom. The zero-order chi connectivity index (χ0) is 38.8. The first-order valence-corrected chi connectivity index (χ1v) is 17.2. The summed E-state index contributed by atoms with van der Waals surface area (Å²) in [5, 5.41) is 28.6. The molecule has 0 saturated heterocycles. The number of aromatic nitrogens is 1. The standard InChI is InChI=1S/C28H16F3N3.C14H13N3.C3H8/c1-17-2-5-21(20-6-8-22(9-7-20)28(29,30)31)14-25(17)34-26-12-18(15-32)3-10-23(26)24-11-4-19(16-33)13-27(24)34;15-13(11-7-3-1-4-8-11)17-14(16)12-9-5-2-6-10-12;1-3-2/h2-14H,1H3;1-10H,(H3,15,16,17);3H2,1-2H3. The van der Waals surface area contributed by atoms with E-state index in [4.69, 9.17) is 11.1 Å². The quantitative estimate of drug-likeness (QED) is 0.139. The smallest absolute Gasteiger partial charge is 0.383 e. The van der Waals surface area contributed by atoms with Gasteiger partial charge in [0.15, 0.2) is 5.84 Å². The van der Waals surface area contributed by atoms with Crippen LogP contribution in [0.2, 0.25) is 0 Å². The van der Waals surface area contributed by atoms with Gasteiger partial charge in [0.25, 0.3) is 0 Å². The predicted octanol–water partition coefficient (Wildman–Crippen LogP) is 11.4. The fourth-order valence-corrected chi connectivity index (χ4v) is 5.75. The molecule has 7 aromatic rings. The van der Waals surface area contributed by atoms with Crippen molar-refractivity contribution in [3.63, 3.8) is 0 Å². The van der Waals surface area contributed by atoms with Crippen LogP contribution in [0.4, 0.5) is 13.2 Å². The molecular weight excluding hydrogens is 682 g/mol. The highest BCUT2D eigenvalue weighted by molar-refractivity contribution is 6.10. The lowest BCUT2D eigenvalue weighted by Gasteiger charge is -2.14. The van der Waals surface area contributed by atoms with Crippen LogP contribution in [0.3, 0.4) is 0 Å². The third-order valence-corrected chi connectivity index (χ3v) is 8.37. The second kappa shape index (κ2) is 17.0. The predicted molar refractivity (Wildman–Crippen MR) is 212 cm³/mol. The molecule has 6 nitrogen and oxygen atoms in total. The number of aliphatic imine (C=N–C) groups is 1. The van der Waals surface area contributed by atoms with Crippen LogP contribution in [0.1, 0.15) is 53.6 Å². The zero-order valence-corrected chi connectivity index (χ0v) is 30.0. The molecule has 0 amide bonds. The molecule has 9 heteroatoms. The third kappa shape index (κ3) is 8.72. The summed E-state index contributed by atoms with van der Waals surface area (Å²) in [6.45, 7) is 6.20. The largest absolute Gasteiger partial charge is 0.416 e. The number of fused-ring (bicyclic) bond motifs is 3. The van der Waals surface area contributed by atoms with E-state index < -0.39 is 11.7 Å². The highest BCUT2D eigenvalue weighted by atomic mass is 19.4. The molecule has 0 aliphatic heterocycles. The first-order valence-electron chi connectivity index (χ1n) is 17.2. The Bertz CT molecular complexity index is 2450. The van der Waals surface area contributed by atoms with Gasteiger partial charge in [-0.3, -0.25) is 5.41 Å². The molecule has 7 rings (SSSR count). The Morgan fingerprint density at radius 3 is 1.65 bits per heavy atom. The van der Waals surface area contributed by atoms with Crippen LogP contribution in [0, 0.1) is 35.0 Å². The molecule has 0 fully saturated rings. The fraction of sp³-hybridized carbons (Fsp3) is 0.111. The molecule has 6 aromatic carbocycles. The number of amidine groups is 2. The van der Waals surface area contributed by atoms with Crippen molar-refractivity contribution in [1.29, 1.82) is 15.9 Å². The molecule has 0 saturated carbocycles. The highest BCUT2D eigenvalue weighted by Gasteiger charge is 2.30. The Labute approximate surface area is 312 Å². The second-order valence-electron chi connectivity index (χ2n) is 12.4. The van der Waals surface area contributed by atoms with Gasteiger partial charge in [-0.25, -0.2) is 4.99 Å². The summed E-state index contributed by atoms with van der Waals surface area (Å²) < 4.78 is 41.0. The molecule has 54 heavy (non-hydrogen) atoms. The first kappa shape index (κ1) is 38.3. The van der Waals surface area contributed by atoms with Gasteiger partial charge in [-0.15, -0.1) is 0 Å². The number of hydrogen-bond acceptors (Lipinski definition) is 3. The molecule has 0 atom stereocenters. The van der Waals surface area contributed by atoms with Crippen LogP contribution in [0.5, 0.6) is 0 Å². The average Bonchev–Trinajstić information content (AvgIpc) is 3.51. The van der Waals surface area contributed by atoms with E-state index in [1.165, 1.54) is 18.6 Å². The summed E-state index contributed by atoms with van der Waals surface area (Å²) in [6, 6.07) is 44.9. The van der Waals surface area contributed by atoms with Crippen LogP contribution < -0.4 is 5.73 Å². The SMILES string of the molecule is CCC.Cc1ccc(-c2ccc(C(F)(F)F)cc2)cc1-n1c2cc(C#N)ccc2c2ccc(C#N)cc21.N=C(N=C(N)c1ccccc1)c1ccccc1. The van der Waals surface area contributed by atoms with Gasteiger partial charge in [0.2, 0.25) is 0 Å². The third-order valence-electron chi connectivity index (χ3n) is 8.37. The number of nitrogens with two attached hydrogens (primary N) is 1. The van der Waals surface area contributed by atoms with E-state index in [1.54, 1.807) is 12.1 Å². The highest BCUT2D eigenvalue weighted by Crippen LogP contribution is 2.36. The van der Waals surface area contributed by atoms with Gasteiger partial charge in [0.05, 0.1) is 39.9 Å². The van der Waals surface area contributed by atoms with Crippen LogP contribution in [-0.4, -0.2) is 16.2 Å². The van der Waals surface area contributed by atoms with Crippen molar-refractivity contribution in [2.24, 2.45) is 10.7 Å². The molecule has 0 radical (unpaired) electrons. The second-order valence-corrected chi connectivity index (χ2v) is 12.4. The van der Waals surface area contributed by atoms with E-state index in [1.807, 2.05) is 115 Å². The van der Waals surface area contributed by atoms with E-state index in [0.717, 1.165) is 61.9 Å². The Kier molecular flexibility index (Phi) is 12.1. The number of alkyl halides is 3. The minimum absolute atomic E-state index is 0.173. The minimum Gasteiger partial charge on any atom is -0.383 e. The lowest BCUT2D eigenvalue weighted by Crippen LogP contribution is -2.15. The van der Waals surface area contributed by atoms with E-state index in [-0.39, 0.29) is 5.84 Å². The van der Waals surface area contributed by atoms with E-state index in [9.17, 15) is 23.7 Å². The zero-order valence-electron chi connectivity index (χ0n) is 30.0. The first-order chi connectivity index (χ1) is 26.0. The molecule has 0 bridgehead atoms. The van der Waals surface area contributed by atoms with Crippen LogP contribution >= 0.6 is 0 Å². The van der Waals surface area contributed by atoms with Gasteiger partial charge in [-0.2, -0.15) is 23.7 Å². The summed E-state index contributed by atoms with van der Waals surface area (Å²) in [5.74, 6) is 0.534. The summed E-state index contributed by atoms with van der Waals surface area (Å²) >= 11 is 0. The maximum atomic E-state index is 13.0. The van der Waals surface area contributed by atoms with Crippen LogP contribution in [-0.2, 0) is 6.18 Å². The van der Waals surface area contributed by atoms with Gasteiger partial charge in [-0.1, -0.05) is 117 Å².